The van der Waals surface area contributed by atoms with Crippen molar-refractivity contribution in [3.05, 3.63) is 16.1 Å². The smallest absolute Gasteiger partial charge is 0.139 e. The van der Waals surface area contributed by atoms with E-state index in [2.05, 4.69) is 4.98 Å². The molecule has 1 aromatic heterocycles. The van der Waals surface area contributed by atoms with Crippen LogP contribution in [0.3, 0.4) is 0 Å². The van der Waals surface area contributed by atoms with E-state index in [9.17, 15) is 4.79 Å². The number of nitrogens with zero attached hydrogens (tertiary/aromatic N) is 1. The van der Waals surface area contributed by atoms with Crippen molar-refractivity contribution >= 4 is 17.1 Å². The van der Waals surface area contributed by atoms with Crippen LogP contribution in [0.5, 0.6) is 0 Å². The number of carbonyl (C=O) groups is 1. The Morgan fingerprint density at radius 3 is 3.00 bits per heavy atom. The average Bonchev–Trinajstić information content (AvgIpc) is 2.76. The Labute approximate surface area is 82.0 Å². The van der Waals surface area contributed by atoms with E-state index in [1.807, 2.05) is 12.3 Å². The summed E-state index contributed by atoms with van der Waals surface area (Å²) in [6.07, 6.45) is 3.83. The molecular weight excluding hydrogens is 182 g/mol. The Morgan fingerprint density at radius 1 is 1.69 bits per heavy atom. The van der Waals surface area contributed by atoms with Crippen molar-refractivity contribution in [2.75, 3.05) is 0 Å². The molecule has 0 atom stereocenters. The van der Waals surface area contributed by atoms with Gasteiger partial charge in [-0.2, -0.15) is 0 Å². The zero-order valence-corrected chi connectivity index (χ0v) is 8.56. The molecule has 1 aliphatic rings. The van der Waals surface area contributed by atoms with Crippen molar-refractivity contribution in [2.24, 2.45) is 5.92 Å². The molecule has 0 bridgehead atoms. The van der Waals surface area contributed by atoms with Gasteiger partial charge in [0.2, 0.25) is 0 Å². The molecule has 2 nitrogen and oxygen atoms in total. The number of hydrogen-bond acceptors (Lipinski definition) is 3. The summed E-state index contributed by atoms with van der Waals surface area (Å²) in [4.78, 5) is 15.7. The fraction of sp³-hybridized carbons (Fsp3) is 0.600. The predicted octanol–water partition coefficient (Wildman–Crippen LogP) is 2.36. The molecule has 1 aromatic rings. The second-order valence-electron chi connectivity index (χ2n) is 3.75. The third-order valence-corrected chi connectivity index (χ3v) is 3.19. The van der Waals surface area contributed by atoms with Crippen LogP contribution in [0.1, 0.15) is 30.0 Å². The highest BCUT2D eigenvalue weighted by atomic mass is 32.1. The highest BCUT2D eigenvalue weighted by Gasteiger charge is 2.24. The maximum absolute atomic E-state index is 11.4. The maximum atomic E-state index is 11.4. The quantitative estimate of drug-likeness (QED) is 0.738. The topological polar surface area (TPSA) is 30.0 Å². The van der Waals surface area contributed by atoms with E-state index in [0.717, 1.165) is 17.1 Å². The highest BCUT2D eigenvalue weighted by molar-refractivity contribution is 7.09. The summed E-state index contributed by atoms with van der Waals surface area (Å²) >= 11 is 1.59. The van der Waals surface area contributed by atoms with Crippen LogP contribution in [-0.4, -0.2) is 10.8 Å². The average molecular weight is 195 g/mol. The van der Waals surface area contributed by atoms with Crippen LogP contribution in [0.4, 0.5) is 0 Å². The van der Waals surface area contributed by atoms with E-state index in [1.54, 1.807) is 11.3 Å². The molecule has 0 amide bonds. The first-order chi connectivity index (χ1) is 6.24. The van der Waals surface area contributed by atoms with Gasteiger partial charge in [-0.3, -0.25) is 4.79 Å². The van der Waals surface area contributed by atoms with Crippen molar-refractivity contribution in [2.45, 2.75) is 32.6 Å². The molecule has 3 heteroatoms. The van der Waals surface area contributed by atoms with E-state index < -0.39 is 0 Å². The minimum Gasteiger partial charge on any atom is -0.299 e. The van der Waals surface area contributed by atoms with E-state index in [0.29, 0.717) is 18.1 Å². The zero-order valence-electron chi connectivity index (χ0n) is 7.75. The SMILES string of the molecule is Cc1csc(CC(=O)CC2CC2)n1. The van der Waals surface area contributed by atoms with Crippen molar-refractivity contribution < 1.29 is 4.79 Å². The number of carbonyl (C=O) groups excluding carboxylic acids is 1. The number of thiazole rings is 1. The number of aryl methyl sites for hydroxylation is 1. The van der Waals surface area contributed by atoms with Gasteiger partial charge >= 0.3 is 0 Å². The minimum atomic E-state index is 0.358. The Hall–Kier alpha value is -0.700. The lowest BCUT2D eigenvalue weighted by atomic mass is 10.1. The monoisotopic (exact) mass is 195 g/mol. The molecule has 0 radical (unpaired) electrons. The van der Waals surface area contributed by atoms with Gasteiger partial charge in [0.05, 0.1) is 6.42 Å². The van der Waals surface area contributed by atoms with Crippen molar-refractivity contribution in [1.29, 1.82) is 0 Å². The molecule has 1 aliphatic carbocycles. The lowest BCUT2D eigenvalue weighted by Crippen LogP contribution is -2.03. The summed E-state index contributed by atoms with van der Waals surface area (Å²) in [5.74, 6) is 1.06. The summed E-state index contributed by atoms with van der Waals surface area (Å²) in [6, 6.07) is 0. The normalized spacial score (nSPS) is 16.1. The van der Waals surface area contributed by atoms with Gasteiger partial charge in [0.1, 0.15) is 10.8 Å². The van der Waals surface area contributed by atoms with Crippen LogP contribution < -0.4 is 0 Å². The molecule has 0 unspecified atom stereocenters. The Bertz CT molecular complexity index is 314. The molecule has 0 spiro atoms. The Balaban J connectivity index is 1.85. The largest absolute Gasteiger partial charge is 0.299 e. The first kappa shape index (κ1) is 8.88. The summed E-state index contributed by atoms with van der Waals surface area (Å²) in [6.45, 7) is 1.96. The first-order valence-corrected chi connectivity index (χ1v) is 5.54. The molecule has 70 valence electrons. The van der Waals surface area contributed by atoms with E-state index in [1.165, 1.54) is 12.8 Å². The van der Waals surface area contributed by atoms with E-state index in [4.69, 9.17) is 0 Å². The molecule has 1 heterocycles. The third-order valence-electron chi connectivity index (χ3n) is 2.23. The van der Waals surface area contributed by atoms with Gasteiger partial charge in [-0.1, -0.05) is 0 Å². The molecule has 2 rings (SSSR count). The summed E-state index contributed by atoms with van der Waals surface area (Å²) in [7, 11) is 0. The fourth-order valence-electron chi connectivity index (χ4n) is 1.37. The number of ketones is 1. The van der Waals surface area contributed by atoms with E-state index >= 15 is 0 Å². The lowest BCUT2D eigenvalue weighted by Gasteiger charge is -1.94. The molecular formula is C10H13NOS. The van der Waals surface area contributed by atoms with Gasteiger partial charge in [0.25, 0.3) is 0 Å². The standard InChI is InChI=1S/C10H13NOS/c1-7-6-13-10(11-7)5-9(12)4-8-2-3-8/h6,8H,2-5H2,1H3. The van der Waals surface area contributed by atoms with Crippen LogP contribution in [-0.2, 0) is 11.2 Å². The number of Topliss-reactive ketones (excluding diaryl/α,β-unsaturated/α-hetero) is 1. The van der Waals surface area contributed by atoms with Crippen LogP contribution >= 0.6 is 11.3 Å². The third kappa shape index (κ3) is 2.62. The molecule has 1 fully saturated rings. The summed E-state index contributed by atoms with van der Waals surface area (Å²) in [5, 5.41) is 2.97. The molecule has 0 aliphatic heterocycles. The highest BCUT2D eigenvalue weighted by Crippen LogP contribution is 2.32. The maximum Gasteiger partial charge on any atom is 0.139 e. The van der Waals surface area contributed by atoms with Crippen molar-refractivity contribution in [1.82, 2.24) is 4.98 Å². The molecule has 1 saturated carbocycles. The van der Waals surface area contributed by atoms with Gasteiger partial charge in [-0.25, -0.2) is 4.98 Å². The van der Waals surface area contributed by atoms with Gasteiger partial charge in [0.15, 0.2) is 0 Å². The first-order valence-electron chi connectivity index (χ1n) is 4.67. The summed E-state index contributed by atoms with van der Waals surface area (Å²) in [5.41, 5.74) is 1.03. The van der Waals surface area contributed by atoms with E-state index in [-0.39, 0.29) is 0 Å². The second-order valence-corrected chi connectivity index (χ2v) is 4.69. The van der Waals surface area contributed by atoms with Crippen LogP contribution in [0, 0.1) is 12.8 Å². The van der Waals surface area contributed by atoms with Crippen LogP contribution in [0.2, 0.25) is 0 Å². The van der Waals surface area contributed by atoms with Gasteiger partial charge in [0, 0.05) is 17.5 Å². The predicted molar refractivity (Wildman–Crippen MR) is 52.9 cm³/mol. The lowest BCUT2D eigenvalue weighted by molar-refractivity contribution is -0.118. The Morgan fingerprint density at radius 2 is 2.46 bits per heavy atom. The minimum absolute atomic E-state index is 0.358. The van der Waals surface area contributed by atoms with Crippen LogP contribution in [0.15, 0.2) is 5.38 Å². The number of rotatable bonds is 4. The van der Waals surface area contributed by atoms with Gasteiger partial charge < -0.3 is 0 Å². The zero-order chi connectivity index (χ0) is 9.26. The summed E-state index contributed by atoms with van der Waals surface area (Å²) < 4.78 is 0. The van der Waals surface area contributed by atoms with Gasteiger partial charge in [-0.15, -0.1) is 11.3 Å². The number of aromatic nitrogens is 1. The number of hydrogen-bond donors (Lipinski definition) is 0. The molecule has 0 N–H and O–H groups in total. The molecule has 0 aromatic carbocycles. The molecule has 0 saturated heterocycles. The molecule has 13 heavy (non-hydrogen) atoms. The van der Waals surface area contributed by atoms with Crippen molar-refractivity contribution in [3.8, 4) is 0 Å². The van der Waals surface area contributed by atoms with Crippen LogP contribution in [0.25, 0.3) is 0 Å². The Kier molecular flexibility index (Phi) is 2.44. The van der Waals surface area contributed by atoms with Crippen molar-refractivity contribution in [3.63, 3.8) is 0 Å². The fourth-order valence-corrected chi connectivity index (χ4v) is 2.17. The van der Waals surface area contributed by atoms with Gasteiger partial charge in [-0.05, 0) is 25.7 Å². The second kappa shape index (κ2) is 3.58.